The summed E-state index contributed by atoms with van der Waals surface area (Å²) in [6, 6.07) is 5.52. The van der Waals surface area contributed by atoms with Crippen LogP contribution >= 0.6 is 0 Å². The lowest BCUT2D eigenvalue weighted by molar-refractivity contribution is -0.420. The second kappa shape index (κ2) is 9.20. The fraction of sp³-hybridized carbons (Fsp3) is 0.636. The van der Waals surface area contributed by atoms with Gasteiger partial charge in [0.1, 0.15) is 12.0 Å². The van der Waals surface area contributed by atoms with Crippen LogP contribution < -0.4 is 5.73 Å². The highest BCUT2D eigenvalue weighted by Crippen LogP contribution is 2.34. The molecule has 7 heteroatoms. The van der Waals surface area contributed by atoms with E-state index < -0.39 is 12.0 Å². The lowest BCUT2D eigenvalue weighted by Gasteiger charge is -2.37. The number of hydrogen-bond acceptors (Lipinski definition) is 2. The SMILES string of the molecule is C[C@@H](C1CCC(N(C)C(=O)c2cccc(F)c2)CC1)[C@H]([NH3+])C(=O)N1CC[C@H](F)C1. The van der Waals surface area contributed by atoms with Gasteiger partial charge < -0.3 is 15.5 Å². The van der Waals surface area contributed by atoms with Gasteiger partial charge in [-0.2, -0.15) is 0 Å². The molecule has 1 saturated carbocycles. The number of hydrogen-bond donors (Lipinski definition) is 1. The van der Waals surface area contributed by atoms with E-state index in [2.05, 4.69) is 12.7 Å². The molecule has 5 nitrogen and oxygen atoms in total. The van der Waals surface area contributed by atoms with Gasteiger partial charge in [-0.1, -0.05) is 13.0 Å². The number of carbonyl (C=O) groups is 2. The molecule has 3 atom stereocenters. The highest BCUT2D eigenvalue weighted by Gasteiger charge is 2.38. The maximum Gasteiger partial charge on any atom is 0.281 e. The Kier molecular flexibility index (Phi) is 6.88. The maximum absolute atomic E-state index is 13.4. The van der Waals surface area contributed by atoms with Gasteiger partial charge in [-0.25, -0.2) is 8.78 Å². The predicted molar refractivity (Wildman–Crippen MR) is 106 cm³/mol. The second-order valence-electron chi connectivity index (χ2n) is 8.63. The van der Waals surface area contributed by atoms with Crippen molar-refractivity contribution >= 4 is 11.8 Å². The van der Waals surface area contributed by atoms with Crippen LogP contribution in [0.3, 0.4) is 0 Å². The van der Waals surface area contributed by atoms with Crippen molar-refractivity contribution in [2.24, 2.45) is 11.8 Å². The van der Waals surface area contributed by atoms with E-state index in [1.54, 1.807) is 29.0 Å². The fourth-order valence-corrected chi connectivity index (χ4v) is 4.71. The summed E-state index contributed by atoms with van der Waals surface area (Å²) in [5, 5.41) is 0. The van der Waals surface area contributed by atoms with E-state index in [0.717, 1.165) is 25.7 Å². The molecule has 3 rings (SSSR count). The van der Waals surface area contributed by atoms with Gasteiger partial charge in [0.2, 0.25) is 0 Å². The quantitative estimate of drug-likeness (QED) is 0.812. The van der Waals surface area contributed by atoms with Crippen LogP contribution in [0.5, 0.6) is 0 Å². The summed E-state index contributed by atoms with van der Waals surface area (Å²) in [6.07, 6.45) is 3.04. The molecule has 0 bridgehead atoms. The lowest BCUT2D eigenvalue weighted by Crippen LogP contribution is -2.71. The zero-order chi connectivity index (χ0) is 21.1. The summed E-state index contributed by atoms with van der Waals surface area (Å²) in [5.41, 5.74) is 4.46. The molecule has 1 aliphatic heterocycles. The first kappa shape index (κ1) is 21.7. The smallest absolute Gasteiger partial charge is 0.281 e. The molecule has 2 amide bonds. The number of quaternary nitrogens is 1. The number of amides is 2. The minimum absolute atomic E-state index is 0.0434. The van der Waals surface area contributed by atoms with E-state index in [0.29, 0.717) is 24.4 Å². The summed E-state index contributed by atoms with van der Waals surface area (Å²) in [7, 11) is 1.77. The van der Waals surface area contributed by atoms with E-state index in [9.17, 15) is 18.4 Å². The van der Waals surface area contributed by atoms with E-state index in [1.165, 1.54) is 12.1 Å². The van der Waals surface area contributed by atoms with Gasteiger partial charge >= 0.3 is 0 Å². The van der Waals surface area contributed by atoms with E-state index >= 15 is 0 Å². The standard InChI is InChI=1S/C22H31F2N3O2/c1-14(20(25)22(29)27-11-10-18(24)13-27)15-6-8-19(9-7-15)26(2)21(28)16-4-3-5-17(23)12-16/h3-5,12,14-15,18-20H,6-11,13,25H2,1-2H3/p+1/t14-,15?,18-,19?,20-/m0/s1. The molecular formula is C22H32F2N3O2+. The number of rotatable bonds is 5. The molecule has 0 radical (unpaired) electrons. The summed E-state index contributed by atoms with van der Waals surface area (Å²) in [4.78, 5) is 28.6. The summed E-state index contributed by atoms with van der Waals surface area (Å²) >= 11 is 0. The Morgan fingerprint density at radius 1 is 1.21 bits per heavy atom. The van der Waals surface area contributed by atoms with Crippen LogP contribution in [0, 0.1) is 17.7 Å². The molecule has 2 aliphatic rings. The van der Waals surface area contributed by atoms with Crippen molar-refractivity contribution in [3.05, 3.63) is 35.6 Å². The van der Waals surface area contributed by atoms with E-state index in [1.807, 2.05) is 0 Å². The largest absolute Gasteiger partial charge is 0.347 e. The second-order valence-corrected chi connectivity index (χ2v) is 8.63. The Hall–Kier alpha value is -2.02. The Balaban J connectivity index is 1.52. The van der Waals surface area contributed by atoms with Crippen LogP contribution in [0.1, 0.15) is 49.4 Å². The average molecular weight is 409 g/mol. The molecule has 0 unspecified atom stereocenters. The third-order valence-corrected chi connectivity index (χ3v) is 6.82. The van der Waals surface area contributed by atoms with Gasteiger partial charge in [-0.05, 0) is 56.2 Å². The third kappa shape index (κ3) is 4.94. The number of nitrogens with zero attached hydrogens (tertiary/aromatic N) is 2. The Morgan fingerprint density at radius 2 is 1.90 bits per heavy atom. The monoisotopic (exact) mass is 408 g/mol. The van der Waals surface area contributed by atoms with Gasteiger partial charge in [0.25, 0.3) is 11.8 Å². The van der Waals surface area contributed by atoms with Crippen molar-refractivity contribution in [3.8, 4) is 0 Å². The molecule has 1 aliphatic carbocycles. The van der Waals surface area contributed by atoms with Crippen molar-refractivity contribution in [2.45, 2.75) is 57.3 Å². The van der Waals surface area contributed by atoms with Crippen LogP contribution in [0.15, 0.2) is 24.3 Å². The molecule has 3 N–H and O–H groups in total. The Bertz CT molecular complexity index is 737. The van der Waals surface area contributed by atoms with Gasteiger partial charge in [-0.3, -0.25) is 9.59 Å². The molecule has 1 aromatic rings. The van der Waals surface area contributed by atoms with Crippen LogP contribution in [0.25, 0.3) is 0 Å². The van der Waals surface area contributed by atoms with Crippen molar-refractivity contribution in [1.29, 1.82) is 0 Å². The number of likely N-dealkylation sites (tertiary alicyclic amines) is 1. The summed E-state index contributed by atoms with van der Waals surface area (Å²) in [6.45, 7) is 2.74. The highest BCUT2D eigenvalue weighted by atomic mass is 19.1. The molecule has 160 valence electrons. The highest BCUT2D eigenvalue weighted by molar-refractivity contribution is 5.94. The van der Waals surface area contributed by atoms with Crippen molar-refractivity contribution < 1.29 is 24.1 Å². The first-order chi connectivity index (χ1) is 13.8. The van der Waals surface area contributed by atoms with Crippen molar-refractivity contribution in [3.63, 3.8) is 0 Å². The predicted octanol–water partition coefficient (Wildman–Crippen LogP) is 2.27. The minimum atomic E-state index is -0.914. The molecule has 2 fully saturated rings. The molecule has 1 aromatic carbocycles. The van der Waals surface area contributed by atoms with Gasteiger partial charge in [-0.15, -0.1) is 0 Å². The normalized spacial score (nSPS) is 26.8. The molecule has 0 aromatic heterocycles. The zero-order valence-corrected chi connectivity index (χ0v) is 17.3. The topological polar surface area (TPSA) is 68.3 Å². The number of alkyl halides is 1. The lowest BCUT2D eigenvalue weighted by atomic mass is 9.75. The molecule has 0 spiro atoms. The Morgan fingerprint density at radius 3 is 2.48 bits per heavy atom. The van der Waals surface area contributed by atoms with E-state index in [4.69, 9.17) is 0 Å². The summed E-state index contributed by atoms with van der Waals surface area (Å²) in [5.74, 6) is -0.144. The van der Waals surface area contributed by atoms with Gasteiger partial charge in [0.05, 0.1) is 6.54 Å². The van der Waals surface area contributed by atoms with Crippen LogP contribution in [-0.2, 0) is 4.79 Å². The van der Waals surface area contributed by atoms with Gasteiger partial charge in [0.15, 0.2) is 6.04 Å². The first-order valence-corrected chi connectivity index (χ1v) is 10.6. The number of halogens is 2. The molecule has 29 heavy (non-hydrogen) atoms. The van der Waals surface area contributed by atoms with Crippen molar-refractivity contribution in [2.75, 3.05) is 20.1 Å². The first-order valence-electron chi connectivity index (χ1n) is 10.6. The summed E-state index contributed by atoms with van der Waals surface area (Å²) < 4.78 is 26.8. The minimum Gasteiger partial charge on any atom is -0.347 e. The van der Waals surface area contributed by atoms with Crippen LogP contribution in [0.4, 0.5) is 8.78 Å². The average Bonchev–Trinajstić information content (AvgIpc) is 3.17. The molecular weight excluding hydrogens is 376 g/mol. The van der Waals surface area contributed by atoms with Gasteiger partial charge in [0, 0.05) is 31.1 Å². The number of carbonyl (C=O) groups excluding carboxylic acids is 2. The Labute approximate surface area is 171 Å². The zero-order valence-electron chi connectivity index (χ0n) is 17.3. The number of benzene rings is 1. The van der Waals surface area contributed by atoms with Crippen LogP contribution in [-0.4, -0.2) is 60.0 Å². The maximum atomic E-state index is 13.4. The van der Waals surface area contributed by atoms with E-state index in [-0.39, 0.29) is 36.4 Å². The molecule has 1 heterocycles. The van der Waals surface area contributed by atoms with Crippen molar-refractivity contribution in [1.82, 2.24) is 9.80 Å². The molecule has 1 saturated heterocycles. The third-order valence-electron chi connectivity index (χ3n) is 6.82. The fourth-order valence-electron chi connectivity index (χ4n) is 4.71. The van der Waals surface area contributed by atoms with Crippen LogP contribution in [0.2, 0.25) is 0 Å².